The van der Waals surface area contributed by atoms with Gasteiger partial charge in [-0.1, -0.05) is 54.1 Å². The fourth-order valence-corrected chi connectivity index (χ4v) is 2.70. The molecule has 0 heterocycles. The number of benzene rings is 3. The Morgan fingerprint density at radius 2 is 1.32 bits per heavy atom. The van der Waals surface area contributed by atoms with E-state index in [-0.39, 0.29) is 16.9 Å². The Morgan fingerprint density at radius 3 is 2.00 bits per heavy atom. The van der Waals surface area contributed by atoms with Crippen LogP contribution in [-0.2, 0) is 0 Å². The van der Waals surface area contributed by atoms with Crippen molar-refractivity contribution in [2.45, 2.75) is 0 Å². The molecule has 108 valence electrons. The molecule has 22 heavy (non-hydrogen) atoms. The summed E-state index contributed by atoms with van der Waals surface area (Å²) >= 11 is 6.16. The van der Waals surface area contributed by atoms with Gasteiger partial charge in [0, 0.05) is 21.5 Å². The van der Waals surface area contributed by atoms with Gasteiger partial charge in [0.2, 0.25) is 0 Å². The second kappa shape index (κ2) is 5.62. The van der Waals surface area contributed by atoms with Crippen LogP contribution in [0.5, 0.6) is 0 Å². The van der Waals surface area contributed by atoms with Crippen LogP contribution in [0.2, 0.25) is 5.02 Å². The lowest BCUT2D eigenvalue weighted by atomic mass is 9.94. The van der Waals surface area contributed by atoms with Gasteiger partial charge < -0.3 is 5.11 Å². The smallest absolute Gasteiger partial charge is 0.336 e. The van der Waals surface area contributed by atoms with Crippen LogP contribution in [0.1, 0.15) is 26.3 Å². The van der Waals surface area contributed by atoms with E-state index in [1.165, 1.54) is 12.1 Å². The third-order valence-electron chi connectivity index (χ3n) is 3.52. The van der Waals surface area contributed by atoms with E-state index in [1.54, 1.807) is 30.3 Å². The first-order chi connectivity index (χ1) is 10.6. The van der Waals surface area contributed by atoms with Crippen LogP contribution in [-0.4, -0.2) is 16.9 Å². The zero-order chi connectivity index (χ0) is 15.7. The standard InChI is InChI=1S/C18H11ClO3/c19-16-10-9-14(11-5-1-2-6-12(11)16)17(20)13-7-3-4-8-15(13)18(21)22/h1-10H,(H,21,22). The predicted octanol–water partition coefficient (Wildman–Crippen LogP) is 4.42. The van der Waals surface area contributed by atoms with Crippen molar-refractivity contribution < 1.29 is 14.7 Å². The number of hydrogen-bond acceptors (Lipinski definition) is 2. The van der Waals surface area contributed by atoms with Gasteiger partial charge in [-0.15, -0.1) is 0 Å². The van der Waals surface area contributed by atoms with Crippen molar-refractivity contribution >= 4 is 34.1 Å². The largest absolute Gasteiger partial charge is 0.478 e. The maximum absolute atomic E-state index is 12.8. The van der Waals surface area contributed by atoms with Gasteiger partial charge in [-0.05, 0) is 23.6 Å². The van der Waals surface area contributed by atoms with E-state index in [9.17, 15) is 14.7 Å². The number of carboxylic acid groups (broad SMARTS) is 1. The van der Waals surface area contributed by atoms with Gasteiger partial charge in [0.05, 0.1) is 5.56 Å². The number of rotatable bonds is 3. The highest BCUT2D eigenvalue weighted by atomic mass is 35.5. The van der Waals surface area contributed by atoms with Gasteiger partial charge in [0.15, 0.2) is 5.78 Å². The van der Waals surface area contributed by atoms with Crippen LogP contribution >= 0.6 is 11.6 Å². The van der Waals surface area contributed by atoms with Crippen molar-refractivity contribution in [3.63, 3.8) is 0 Å². The number of aromatic carboxylic acids is 1. The lowest BCUT2D eigenvalue weighted by Gasteiger charge is -2.09. The van der Waals surface area contributed by atoms with Crippen molar-refractivity contribution in [3.8, 4) is 0 Å². The van der Waals surface area contributed by atoms with E-state index < -0.39 is 5.97 Å². The van der Waals surface area contributed by atoms with Crippen molar-refractivity contribution in [1.82, 2.24) is 0 Å². The minimum Gasteiger partial charge on any atom is -0.478 e. The monoisotopic (exact) mass is 310 g/mol. The molecule has 0 amide bonds. The van der Waals surface area contributed by atoms with E-state index in [1.807, 2.05) is 18.2 Å². The summed E-state index contributed by atoms with van der Waals surface area (Å²) < 4.78 is 0. The molecule has 0 radical (unpaired) electrons. The molecule has 0 saturated carbocycles. The molecule has 3 aromatic rings. The van der Waals surface area contributed by atoms with Crippen LogP contribution in [0, 0.1) is 0 Å². The molecule has 0 aliphatic heterocycles. The van der Waals surface area contributed by atoms with Crippen molar-refractivity contribution in [1.29, 1.82) is 0 Å². The average Bonchev–Trinajstić information content (AvgIpc) is 2.55. The van der Waals surface area contributed by atoms with E-state index in [2.05, 4.69) is 0 Å². The molecule has 0 aliphatic carbocycles. The lowest BCUT2D eigenvalue weighted by molar-refractivity contribution is 0.0693. The molecule has 3 aromatic carbocycles. The first kappa shape index (κ1) is 14.3. The summed E-state index contributed by atoms with van der Waals surface area (Å²) in [6.07, 6.45) is 0. The zero-order valence-electron chi connectivity index (χ0n) is 11.4. The van der Waals surface area contributed by atoms with Crippen LogP contribution < -0.4 is 0 Å². The van der Waals surface area contributed by atoms with Gasteiger partial charge in [-0.25, -0.2) is 4.79 Å². The summed E-state index contributed by atoms with van der Waals surface area (Å²) in [5.74, 6) is -1.45. The van der Waals surface area contributed by atoms with E-state index >= 15 is 0 Å². The number of halogens is 1. The summed E-state index contributed by atoms with van der Waals surface area (Å²) in [6.45, 7) is 0. The van der Waals surface area contributed by atoms with E-state index in [0.717, 1.165) is 5.39 Å². The first-order valence-corrected chi connectivity index (χ1v) is 7.01. The average molecular weight is 311 g/mol. The minimum atomic E-state index is -1.12. The van der Waals surface area contributed by atoms with Gasteiger partial charge in [-0.3, -0.25) is 4.79 Å². The van der Waals surface area contributed by atoms with Crippen LogP contribution in [0.15, 0.2) is 60.7 Å². The third kappa shape index (κ3) is 2.36. The Bertz CT molecular complexity index is 900. The Kier molecular flexibility index (Phi) is 3.65. The first-order valence-electron chi connectivity index (χ1n) is 6.64. The van der Waals surface area contributed by atoms with Crippen molar-refractivity contribution in [3.05, 3.63) is 82.4 Å². The molecule has 0 fully saturated rings. The maximum Gasteiger partial charge on any atom is 0.336 e. The van der Waals surface area contributed by atoms with Gasteiger partial charge in [-0.2, -0.15) is 0 Å². The molecule has 3 rings (SSSR count). The minimum absolute atomic E-state index is 0.00784. The second-order valence-electron chi connectivity index (χ2n) is 4.82. The number of hydrogen-bond donors (Lipinski definition) is 1. The topological polar surface area (TPSA) is 54.4 Å². The number of carboxylic acids is 1. The Morgan fingerprint density at radius 1 is 0.727 bits per heavy atom. The maximum atomic E-state index is 12.8. The second-order valence-corrected chi connectivity index (χ2v) is 5.23. The highest BCUT2D eigenvalue weighted by Gasteiger charge is 2.19. The molecular weight excluding hydrogens is 300 g/mol. The van der Waals surface area contributed by atoms with Crippen LogP contribution in [0.3, 0.4) is 0 Å². The van der Waals surface area contributed by atoms with Gasteiger partial charge in [0.25, 0.3) is 0 Å². The van der Waals surface area contributed by atoms with E-state index in [0.29, 0.717) is 16.0 Å². The molecule has 3 nitrogen and oxygen atoms in total. The van der Waals surface area contributed by atoms with Crippen LogP contribution in [0.25, 0.3) is 10.8 Å². The molecule has 0 spiro atoms. The fraction of sp³-hybridized carbons (Fsp3) is 0. The molecule has 0 unspecified atom stereocenters. The fourth-order valence-electron chi connectivity index (χ4n) is 2.47. The molecule has 0 aromatic heterocycles. The Hall–Kier alpha value is -2.65. The summed E-state index contributed by atoms with van der Waals surface area (Å²) in [4.78, 5) is 24.1. The summed E-state index contributed by atoms with van der Waals surface area (Å²) in [6, 6.07) is 16.8. The molecule has 1 N–H and O–H groups in total. The predicted molar refractivity (Wildman–Crippen MR) is 85.8 cm³/mol. The lowest BCUT2D eigenvalue weighted by Crippen LogP contribution is -2.10. The summed E-state index contributed by atoms with van der Waals surface area (Å²) in [7, 11) is 0. The Labute approximate surface area is 131 Å². The molecule has 4 heteroatoms. The number of fused-ring (bicyclic) bond motifs is 1. The highest BCUT2D eigenvalue weighted by molar-refractivity contribution is 6.36. The third-order valence-corrected chi connectivity index (χ3v) is 3.85. The van der Waals surface area contributed by atoms with Crippen molar-refractivity contribution in [2.24, 2.45) is 0 Å². The number of carbonyl (C=O) groups excluding carboxylic acids is 1. The number of carbonyl (C=O) groups is 2. The molecule has 0 aliphatic rings. The van der Waals surface area contributed by atoms with E-state index in [4.69, 9.17) is 11.6 Å². The summed E-state index contributed by atoms with van der Waals surface area (Å²) in [5.41, 5.74) is 0.600. The quantitative estimate of drug-likeness (QED) is 0.728. The Balaban J connectivity index is 2.23. The van der Waals surface area contributed by atoms with Crippen LogP contribution in [0.4, 0.5) is 0 Å². The molecule has 0 saturated heterocycles. The molecular formula is C18H11ClO3. The zero-order valence-corrected chi connectivity index (χ0v) is 12.2. The normalized spacial score (nSPS) is 10.6. The highest BCUT2D eigenvalue weighted by Crippen LogP contribution is 2.28. The number of ketones is 1. The molecule has 0 bridgehead atoms. The SMILES string of the molecule is O=C(O)c1ccccc1C(=O)c1ccc(Cl)c2ccccc12. The van der Waals surface area contributed by atoms with Gasteiger partial charge in [0.1, 0.15) is 0 Å². The summed E-state index contributed by atoms with van der Waals surface area (Å²) in [5, 5.41) is 11.3. The van der Waals surface area contributed by atoms with Crippen molar-refractivity contribution in [2.75, 3.05) is 0 Å². The van der Waals surface area contributed by atoms with Gasteiger partial charge >= 0.3 is 5.97 Å². The molecule has 0 atom stereocenters.